The van der Waals surface area contributed by atoms with Crippen molar-refractivity contribution in [2.45, 2.75) is 25.8 Å². The first-order valence-corrected chi connectivity index (χ1v) is 6.71. The fourth-order valence-corrected chi connectivity index (χ4v) is 2.08. The van der Waals surface area contributed by atoms with E-state index >= 15 is 0 Å². The van der Waals surface area contributed by atoms with Gasteiger partial charge in [0.1, 0.15) is 0 Å². The van der Waals surface area contributed by atoms with Gasteiger partial charge in [-0.25, -0.2) is 0 Å². The molecule has 21 heavy (non-hydrogen) atoms. The van der Waals surface area contributed by atoms with E-state index in [4.69, 9.17) is 19.9 Å². The first-order chi connectivity index (χ1) is 9.90. The highest BCUT2D eigenvalue weighted by Gasteiger charge is 2.25. The van der Waals surface area contributed by atoms with Gasteiger partial charge in [-0.2, -0.15) is 0 Å². The molecular formula is C15H24N2O4. The van der Waals surface area contributed by atoms with Crippen LogP contribution in [0.25, 0.3) is 0 Å². The van der Waals surface area contributed by atoms with Gasteiger partial charge in [0.2, 0.25) is 5.75 Å². The van der Waals surface area contributed by atoms with E-state index in [2.05, 4.69) is 5.32 Å². The summed E-state index contributed by atoms with van der Waals surface area (Å²) in [5.74, 6) is 1.00. The van der Waals surface area contributed by atoms with Gasteiger partial charge in [0.15, 0.2) is 11.5 Å². The highest BCUT2D eigenvalue weighted by atomic mass is 16.5. The number of rotatable bonds is 7. The minimum atomic E-state index is -0.399. The van der Waals surface area contributed by atoms with E-state index in [1.54, 1.807) is 12.1 Å². The lowest BCUT2D eigenvalue weighted by Crippen LogP contribution is -2.44. The van der Waals surface area contributed by atoms with Crippen LogP contribution in [0.5, 0.6) is 17.2 Å². The summed E-state index contributed by atoms with van der Waals surface area (Å²) in [4.78, 5) is 12.5. The van der Waals surface area contributed by atoms with E-state index in [1.165, 1.54) is 21.3 Å². The maximum Gasteiger partial charge on any atom is 0.255 e. The Labute approximate surface area is 125 Å². The Hall–Kier alpha value is -1.95. The summed E-state index contributed by atoms with van der Waals surface area (Å²) in [5, 5.41) is 2.94. The van der Waals surface area contributed by atoms with Crippen LogP contribution in [0.4, 0.5) is 0 Å². The fraction of sp³-hybridized carbons (Fsp3) is 0.533. The molecular weight excluding hydrogens is 272 g/mol. The zero-order chi connectivity index (χ0) is 16.0. The lowest BCUT2D eigenvalue weighted by Gasteiger charge is -2.26. The molecule has 1 aromatic carbocycles. The van der Waals surface area contributed by atoms with Gasteiger partial charge >= 0.3 is 0 Å². The molecule has 1 aromatic rings. The third-order valence-electron chi connectivity index (χ3n) is 3.17. The monoisotopic (exact) mass is 296 g/mol. The molecule has 118 valence electrons. The van der Waals surface area contributed by atoms with Gasteiger partial charge in [-0.15, -0.1) is 0 Å². The summed E-state index contributed by atoms with van der Waals surface area (Å²) < 4.78 is 15.8. The van der Waals surface area contributed by atoms with Gasteiger partial charge in [-0.1, -0.05) is 0 Å². The van der Waals surface area contributed by atoms with Crippen LogP contribution >= 0.6 is 0 Å². The van der Waals surface area contributed by atoms with E-state index in [1.807, 2.05) is 13.8 Å². The summed E-state index contributed by atoms with van der Waals surface area (Å²) in [5.41, 5.74) is 5.55. The molecule has 0 saturated heterocycles. The number of hydrogen-bond acceptors (Lipinski definition) is 5. The van der Waals surface area contributed by atoms with Crippen molar-refractivity contribution in [2.75, 3.05) is 27.9 Å². The maximum absolute atomic E-state index is 12.5. The summed E-state index contributed by atoms with van der Waals surface area (Å²) in [6.07, 6.45) is 0.675. The third kappa shape index (κ3) is 4.01. The Morgan fingerprint density at radius 3 is 2.24 bits per heavy atom. The quantitative estimate of drug-likeness (QED) is 0.798. The van der Waals surface area contributed by atoms with Gasteiger partial charge in [0, 0.05) is 5.54 Å². The average molecular weight is 296 g/mol. The van der Waals surface area contributed by atoms with Crippen molar-refractivity contribution in [3.63, 3.8) is 0 Å². The molecule has 1 rings (SSSR count). The number of hydrogen-bond donors (Lipinski definition) is 2. The van der Waals surface area contributed by atoms with E-state index in [9.17, 15) is 4.79 Å². The number of nitrogens with one attached hydrogen (secondary N) is 1. The summed E-state index contributed by atoms with van der Waals surface area (Å²) >= 11 is 0. The molecule has 0 spiro atoms. The van der Waals surface area contributed by atoms with Crippen molar-refractivity contribution in [1.82, 2.24) is 5.32 Å². The van der Waals surface area contributed by atoms with Crippen LogP contribution < -0.4 is 25.3 Å². The predicted molar refractivity (Wildman–Crippen MR) is 81.3 cm³/mol. The molecule has 0 fully saturated rings. The Bertz CT molecular complexity index is 501. The fourth-order valence-electron chi connectivity index (χ4n) is 2.08. The zero-order valence-corrected chi connectivity index (χ0v) is 13.3. The molecule has 3 N–H and O–H groups in total. The maximum atomic E-state index is 12.5. The van der Waals surface area contributed by atoms with Crippen LogP contribution in [-0.4, -0.2) is 39.3 Å². The minimum Gasteiger partial charge on any atom is -0.493 e. The second kappa shape index (κ2) is 7.17. The molecule has 6 nitrogen and oxygen atoms in total. The third-order valence-corrected chi connectivity index (χ3v) is 3.17. The largest absolute Gasteiger partial charge is 0.493 e. The summed E-state index contributed by atoms with van der Waals surface area (Å²) in [6, 6.07) is 3.32. The lowest BCUT2D eigenvalue weighted by molar-refractivity contribution is 0.0906. The molecule has 0 aromatic heterocycles. The molecule has 0 aliphatic rings. The van der Waals surface area contributed by atoms with Crippen molar-refractivity contribution < 1.29 is 19.0 Å². The van der Waals surface area contributed by atoms with Gasteiger partial charge in [0.05, 0.1) is 26.9 Å². The van der Waals surface area contributed by atoms with Gasteiger partial charge in [-0.05, 0) is 38.9 Å². The number of ether oxygens (including phenoxy) is 3. The van der Waals surface area contributed by atoms with Crippen LogP contribution in [0.3, 0.4) is 0 Å². The molecule has 0 heterocycles. The summed E-state index contributed by atoms with van der Waals surface area (Å²) in [6.45, 7) is 4.34. The standard InChI is InChI=1S/C15H24N2O4/c1-15(2,8-9-16)17-14(18)10-6-7-11(19-3)13(21-5)12(10)20-4/h6-7H,8-9,16H2,1-5H3,(H,17,18). The number of methoxy groups -OCH3 is 3. The Morgan fingerprint density at radius 2 is 1.76 bits per heavy atom. The lowest BCUT2D eigenvalue weighted by atomic mass is 10.00. The molecule has 0 radical (unpaired) electrons. The Morgan fingerprint density at radius 1 is 1.14 bits per heavy atom. The molecule has 0 unspecified atom stereocenters. The van der Waals surface area contributed by atoms with Crippen LogP contribution in [0.1, 0.15) is 30.6 Å². The van der Waals surface area contributed by atoms with Crippen molar-refractivity contribution in [2.24, 2.45) is 5.73 Å². The number of benzene rings is 1. The molecule has 0 bridgehead atoms. The van der Waals surface area contributed by atoms with E-state index in [0.29, 0.717) is 35.8 Å². The Kier molecular flexibility index (Phi) is 5.84. The van der Waals surface area contributed by atoms with Crippen LogP contribution in [-0.2, 0) is 0 Å². The van der Waals surface area contributed by atoms with Gasteiger partial charge in [-0.3, -0.25) is 4.79 Å². The predicted octanol–water partition coefficient (Wildman–Crippen LogP) is 1.57. The van der Waals surface area contributed by atoms with Crippen molar-refractivity contribution in [3.8, 4) is 17.2 Å². The van der Waals surface area contributed by atoms with Crippen LogP contribution in [0.2, 0.25) is 0 Å². The molecule has 0 atom stereocenters. The Balaban J connectivity index is 3.15. The molecule has 1 amide bonds. The smallest absolute Gasteiger partial charge is 0.255 e. The summed E-state index contributed by atoms with van der Waals surface area (Å²) in [7, 11) is 4.51. The molecule has 0 saturated carbocycles. The van der Waals surface area contributed by atoms with Crippen molar-refractivity contribution >= 4 is 5.91 Å². The minimum absolute atomic E-state index is 0.244. The van der Waals surface area contributed by atoms with Crippen molar-refractivity contribution in [1.29, 1.82) is 0 Å². The van der Waals surface area contributed by atoms with E-state index < -0.39 is 5.54 Å². The number of carbonyl (C=O) groups is 1. The number of nitrogens with two attached hydrogens (primary N) is 1. The molecule has 6 heteroatoms. The van der Waals surface area contributed by atoms with Gasteiger partial charge in [0.25, 0.3) is 5.91 Å². The first kappa shape index (κ1) is 17.1. The average Bonchev–Trinajstić information content (AvgIpc) is 2.44. The topological polar surface area (TPSA) is 82.8 Å². The first-order valence-electron chi connectivity index (χ1n) is 6.71. The van der Waals surface area contributed by atoms with Crippen molar-refractivity contribution in [3.05, 3.63) is 17.7 Å². The SMILES string of the molecule is COc1ccc(C(=O)NC(C)(C)CCN)c(OC)c1OC. The molecule has 0 aliphatic heterocycles. The normalized spacial score (nSPS) is 11.0. The highest BCUT2D eigenvalue weighted by molar-refractivity contribution is 5.98. The second-order valence-corrected chi connectivity index (χ2v) is 5.26. The molecule has 0 aliphatic carbocycles. The van der Waals surface area contributed by atoms with Gasteiger partial charge < -0.3 is 25.3 Å². The number of carbonyl (C=O) groups excluding carboxylic acids is 1. The number of amides is 1. The highest BCUT2D eigenvalue weighted by Crippen LogP contribution is 2.39. The van der Waals surface area contributed by atoms with E-state index in [0.717, 1.165) is 0 Å². The van der Waals surface area contributed by atoms with Crippen LogP contribution in [0, 0.1) is 0 Å². The van der Waals surface area contributed by atoms with Crippen LogP contribution in [0.15, 0.2) is 12.1 Å². The zero-order valence-electron chi connectivity index (χ0n) is 13.3. The van der Waals surface area contributed by atoms with E-state index in [-0.39, 0.29) is 5.91 Å². The second-order valence-electron chi connectivity index (χ2n) is 5.26.